The minimum Gasteiger partial charge on any atom is -0.336 e. The molecular weight excluding hydrogens is 260 g/mol. The number of nitrogens with one attached hydrogen (secondary N) is 1. The van der Waals surface area contributed by atoms with E-state index >= 15 is 0 Å². The van der Waals surface area contributed by atoms with Gasteiger partial charge >= 0.3 is 0 Å². The Bertz CT molecular complexity index is 499. The lowest BCUT2D eigenvalue weighted by molar-refractivity contribution is -0.128. The largest absolute Gasteiger partial charge is 0.336 e. The van der Waals surface area contributed by atoms with Gasteiger partial charge in [-0.2, -0.15) is 0 Å². The zero-order valence-corrected chi connectivity index (χ0v) is 12.7. The molecule has 0 spiro atoms. The summed E-state index contributed by atoms with van der Waals surface area (Å²) in [6.07, 6.45) is 8.40. The molecule has 0 radical (unpaired) electrons. The van der Waals surface area contributed by atoms with Gasteiger partial charge in [0, 0.05) is 30.7 Å². The number of carbonyl (C=O) groups is 1. The highest BCUT2D eigenvalue weighted by Crippen LogP contribution is 2.29. The van der Waals surface area contributed by atoms with Gasteiger partial charge in [-0.15, -0.1) is 0 Å². The number of benzene rings is 1. The second-order valence-corrected chi connectivity index (χ2v) is 6.13. The van der Waals surface area contributed by atoms with E-state index in [0.717, 1.165) is 24.9 Å². The summed E-state index contributed by atoms with van der Waals surface area (Å²) < 4.78 is 0. The maximum atomic E-state index is 12.5. The van der Waals surface area contributed by atoms with Crippen molar-refractivity contribution in [3.8, 4) is 0 Å². The molecule has 2 bridgehead atoms. The maximum absolute atomic E-state index is 12.5. The van der Waals surface area contributed by atoms with Crippen LogP contribution in [0.15, 0.2) is 36.4 Å². The van der Waals surface area contributed by atoms with Crippen molar-refractivity contribution in [1.82, 2.24) is 10.2 Å². The van der Waals surface area contributed by atoms with Crippen molar-refractivity contribution in [3.05, 3.63) is 42.0 Å². The molecular formula is C18H24N2O. The minimum atomic E-state index is 0.146. The van der Waals surface area contributed by atoms with Crippen molar-refractivity contribution in [1.29, 1.82) is 0 Å². The predicted molar refractivity (Wildman–Crippen MR) is 85.8 cm³/mol. The zero-order valence-electron chi connectivity index (χ0n) is 12.7. The summed E-state index contributed by atoms with van der Waals surface area (Å²) in [5.41, 5.74) is 1.08. The van der Waals surface area contributed by atoms with Gasteiger partial charge in [-0.05, 0) is 44.2 Å². The average Bonchev–Trinajstić information content (AvgIpc) is 2.85. The van der Waals surface area contributed by atoms with Crippen molar-refractivity contribution >= 4 is 12.0 Å². The Balaban J connectivity index is 1.65. The number of fused-ring (bicyclic) bond motifs is 2. The molecule has 2 aliphatic rings. The third kappa shape index (κ3) is 3.35. The van der Waals surface area contributed by atoms with Crippen LogP contribution in [0.2, 0.25) is 0 Å². The minimum absolute atomic E-state index is 0.146. The number of hydrogen-bond acceptors (Lipinski definition) is 2. The van der Waals surface area contributed by atoms with E-state index in [0.29, 0.717) is 18.1 Å². The van der Waals surface area contributed by atoms with E-state index in [1.165, 1.54) is 12.8 Å². The lowest BCUT2D eigenvalue weighted by atomic mass is 9.98. The molecule has 2 unspecified atom stereocenters. The van der Waals surface area contributed by atoms with E-state index in [4.69, 9.17) is 0 Å². The van der Waals surface area contributed by atoms with Gasteiger partial charge in [0.2, 0.25) is 5.91 Å². The Morgan fingerprint density at radius 3 is 2.52 bits per heavy atom. The van der Waals surface area contributed by atoms with Gasteiger partial charge in [0.05, 0.1) is 0 Å². The highest BCUT2D eigenvalue weighted by molar-refractivity contribution is 5.92. The SMILES string of the molecule is CCN(C(=O)C=Cc1ccccc1)C1CC2CCC(C1)N2. The summed E-state index contributed by atoms with van der Waals surface area (Å²) in [4.78, 5) is 14.5. The molecule has 21 heavy (non-hydrogen) atoms. The van der Waals surface area contributed by atoms with E-state index in [1.54, 1.807) is 6.08 Å². The van der Waals surface area contributed by atoms with Crippen LogP contribution in [-0.2, 0) is 4.79 Å². The smallest absolute Gasteiger partial charge is 0.246 e. The van der Waals surface area contributed by atoms with Crippen LogP contribution in [-0.4, -0.2) is 35.5 Å². The van der Waals surface area contributed by atoms with Crippen molar-refractivity contribution in [2.45, 2.75) is 50.7 Å². The number of likely N-dealkylation sites (N-methyl/N-ethyl adjacent to an activating group) is 1. The second-order valence-electron chi connectivity index (χ2n) is 6.13. The fourth-order valence-corrected chi connectivity index (χ4v) is 3.70. The topological polar surface area (TPSA) is 32.3 Å². The fraction of sp³-hybridized carbons (Fsp3) is 0.500. The van der Waals surface area contributed by atoms with Crippen LogP contribution in [0.3, 0.4) is 0 Å². The van der Waals surface area contributed by atoms with E-state index in [2.05, 4.69) is 12.2 Å². The number of carbonyl (C=O) groups excluding carboxylic acids is 1. The van der Waals surface area contributed by atoms with Crippen molar-refractivity contribution < 1.29 is 4.79 Å². The zero-order chi connectivity index (χ0) is 14.7. The Morgan fingerprint density at radius 2 is 1.90 bits per heavy atom. The quantitative estimate of drug-likeness (QED) is 0.862. The molecule has 2 aliphatic heterocycles. The van der Waals surface area contributed by atoms with Crippen LogP contribution >= 0.6 is 0 Å². The molecule has 0 aromatic heterocycles. The van der Waals surface area contributed by atoms with Crippen LogP contribution in [0.1, 0.15) is 38.2 Å². The highest BCUT2D eigenvalue weighted by atomic mass is 16.2. The average molecular weight is 284 g/mol. The number of rotatable bonds is 4. The van der Waals surface area contributed by atoms with Gasteiger partial charge in [0.15, 0.2) is 0 Å². The van der Waals surface area contributed by atoms with Gasteiger partial charge in [0.1, 0.15) is 0 Å². The highest BCUT2D eigenvalue weighted by Gasteiger charge is 2.36. The van der Waals surface area contributed by atoms with Crippen LogP contribution in [0.5, 0.6) is 0 Å². The number of nitrogens with zero attached hydrogens (tertiary/aromatic N) is 1. The first kappa shape index (κ1) is 14.3. The molecule has 1 aromatic rings. The molecule has 0 saturated carbocycles. The van der Waals surface area contributed by atoms with E-state index in [-0.39, 0.29) is 5.91 Å². The number of hydrogen-bond donors (Lipinski definition) is 1. The van der Waals surface area contributed by atoms with Crippen LogP contribution in [0.4, 0.5) is 0 Å². The molecule has 1 N–H and O–H groups in total. The van der Waals surface area contributed by atoms with Crippen LogP contribution < -0.4 is 5.32 Å². The molecule has 1 amide bonds. The van der Waals surface area contributed by atoms with Crippen LogP contribution in [0, 0.1) is 0 Å². The lowest BCUT2D eigenvalue weighted by Gasteiger charge is -2.36. The van der Waals surface area contributed by atoms with Gasteiger partial charge in [0.25, 0.3) is 0 Å². The number of piperidine rings is 1. The molecule has 2 heterocycles. The van der Waals surface area contributed by atoms with E-state index in [9.17, 15) is 4.79 Å². The molecule has 2 fully saturated rings. The van der Waals surface area contributed by atoms with Gasteiger partial charge in [-0.25, -0.2) is 0 Å². The molecule has 2 atom stereocenters. The predicted octanol–water partition coefficient (Wildman–Crippen LogP) is 2.83. The lowest BCUT2D eigenvalue weighted by Crippen LogP contribution is -2.49. The summed E-state index contributed by atoms with van der Waals surface area (Å²) in [6.45, 7) is 2.88. The maximum Gasteiger partial charge on any atom is 0.246 e. The normalized spacial score (nSPS) is 28.0. The molecule has 2 saturated heterocycles. The molecule has 3 heteroatoms. The molecule has 112 valence electrons. The summed E-state index contributed by atoms with van der Waals surface area (Å²) >= 11 is 0. The second kappa shape index (κ2) is 6.44. The van der Waals surface area contributed by atoms with Gasteiger partial charge < -0.3 is 10.2 Å². The number of amides is 1. The van der Waals surface area contributed by atoms with Crippen LogP contribution in [0.25, 0.3) is 6.08 Å². The Hall–Kier alpha value is -1.61. The summed E-state index contributed by atoms with van der Waals surface area (Å²) in [7, 11) is 0. The summed E-state index contributed by atoms with van der Waals surface area (Å²) in [5.74, 6) is 0.146. The first-order valence-electron chi connectivity index (χ1n) is 8.06. The standard InChI is InChI=1S/C18H24N2O/c1-2-20(17-12-15-9-10-16(13-17)19-15)18(21)11-8-14-6-4-3-5-7-14/h3-8,11,15-17,19H,2,9-10,12-13H2,1H3. The Labute approximate surface area is 127 Å². The molecule has 0 aliphatic carbocycles. The molecule has 3 rings (SSSR count). The first-order valence-corrected chi connectivity index (χ1v) is 8.06. The molecule has 1 aromatic carbocycles. The summed E-state index contributed by atoms with van der Waals surface area (Å²) in [5, 5.41) is 3.64. The van der Waals surface area contributed by atoms with Gasteiger partial charge in [-0.3, -0.25) is 4.79 Å². The molecule has 3 nitrogen and oxygen atoms in total. The monoisotopic (exact) mass is 284 g/mol. The first-order chi connectivity index (χ1) is 10.3. The Kier molecular flexibility index (Phi) is 4.39. The Morgan fingerprint density at radius 1 is 1.24 bits per heavy atom. The van der Waals surface area contributed by atoms with Crippen molar-refractivity contribution in [3.63, 3.8) is 0 Å². The third-order valence-electron chi connectivity index (χ3n) is 4.73. The third-order valence-corrected chi connectivity index (χ3v) is 4.73. The summed E-state index contributed by atoms with van der Waals surface area (Å²) in [6, 6.07) is 11.7. The van der Waals surface area contributed by atoms with Crippen molar-refractivity contribution in [2.24, 2.45) is 0 Å². The van der Waals surface area contributed by atoms with E-state index < -0.39 is 0 Å². The van der Waals surface area contributed by atoms with Gasteiger partial charge in [-0.1, -0.05) is 30.3 Å². The fourth-order valence-electron chi connectivity index (χ4n) is 3.70. The van der Waals surface area contributed by atoms with Crippen molar-refractivity contribution in [2.75, 3.05) is 6.54 Å². The van der Waals surface area contributed by atoms with E-state index in [1.807, 2.05) is 41.3 Å².